The Morgan fingerprint density at radius 3 is 1.65 bits per heavy atom. The van der Waals surface area contributed by atoms with Crippen molar-refractivity contribution in [2.45, 2.75) is 211 Å². The molecule has 2 aliphatic carbocycles. The Kier molecular flexibility index (Phi) is 26.8. The van der Waals surface area contributed by atoms with E-state index in [4.69, 9.17) is 6.42 Å². The Labute approximate surface area is 386 Å². The molecule has 0 aromatic heterocycles. The van der Waals surface area contributed by atoms with Crippen LogP contribution in [0.15, 0.2) is 103 Å². The number of hydrogen-bond donors (Lipinski definition) is 0. The third-order valence-corrected chi connectivity index (χ3v) is 12.7. The van der Waals surface area contributed by atoms with E-state index < -0.39 is 0 Å². The minimum absolute atomic E-state index is 0.190. The number of terminal acetylenes is 1. The average molecular weight is 839 g/mol. The molecule has 3 aromatic carbocycles. The minimum atomic E-state index is 0.190. The van der Waals surface area contributed by atoms with Gasteiger partial charge in [0.25, 0.3) is 0 Å². The van der Waals surface area contributed by atoms with E-state index in [1.807, 2.05) is 34.6 Å². The van der Waals surface area contributed by atoms with E-state index in [9.17, 15) is 0 Å². The predicted octanol–water partition coefficient (Wildman–Crippen LogP) is 20.0. The second-order valence-corrected chi connectivity index (χ2v) is 19.0. The van der Waals surface area contributed by atoms with Crippen LogP contribution in [0.25, 0.3) is 16.7 Å². The molecule has 0 amide bonds. The van der Waals surface area contributed by atoms with E-state index in [0.29, 0.717) is 11.8 Å². The second-order valence-electron chi connectivity index (χ2n) is 19.0. The molecule has 3 aromatic rings. The number of allylic oxidation sites excluding steroid dienone is 7. The van der Waals surface area contributed by atoms with Gasteiger partial charge in [0.05, 0.1) is 0 Å². The quantitative estimate of drug-likeness (QED) is 0.112. The maximum atomic E-state index is 4.78. The summed E-state index contributed by atoms with van der Waals surface area (Å²) in [5, 5.41) is 0. The monoisotopic (exact) mass is 839 g/mol. The lowest BCUT2D eigenvalue weighted by Gasteiger charge is -2.33. The maximum absolute atomic E-state index is 4.78. The standard InChI is InChI=1S/C31H38.C23H38.C4H6.2C2H6/c1-21-8-18-27(21)29-20-24(22-9-14-25(15-10-22)30(2,3)4)13-19-28(29)23-11-16-26(17-12-23)31(5,6)7;1-6-10-11-12-13-16-21(9-4)23-18-15-14-17-22(23)19(5)20(7-2)8-3;1-3-4-2;2*1-2/h9-17,19,21H,8,18,20H2,1-7H3;14-15,17-18,20-21H,5-13,16H2,1-4H3;1H,4H2,2H3;2*1-2H3/b29-27+;;;;. The Bertz CT molecular complexity index is 1830. The number of hydrogen-bond acceptors (Lipinski definition) is 0. The zero-order chi connectivity index (χ0) is 46.9. The molecule has 342 valence electrons. The van der Waals surface area contributed by atoms with Gasteiger partial charge in [0.15, 0.2) is 0 Å². The van der Waals surface area contributed by atoms with Crippen LogP contribution >= 0.6 is 0 Å². The van der Waals surface area contributed by atoms with Crippen LogP contribution in [0.2, 0.25) is 0 Å². The van der Waals surface area contributed by atoms with Crippen molar-refractivity contribution in [1.82, 2.24) is 0 Å². The molecule has 0 heterocycles. The largest absolute Gasteiger partial charge is 0.120 e. The summed E-state index contributed by atoms with van der Waals surface area (Å²) in [6, 6.07) is 27.6. The molecule has 2 atom stereocenters. The third kappa shape index (κ3) is 17.4. The van der Waals surface area contributed by atoms with E-state index >= 15 is 0 Å². The van der Waals surface area contributed by atoms with Crippen LogP contribution in [0, 0.1) is 24.2 Å². The van der Waals surface area contributed by atoms with Crippen molar-refractivity contribution < 1.29 is 0 Å². The fraction of sp³-hybridized carbons (Fsp3) is 0.548. The molecule has 1 saturated carbocycles. The smallest absolute Gasteiger partial charge is 0.00576 e. The normalized spacial score (nSPS) is 16.2. The van der Waals surface area contributed by atoms with E-state index in [-0.39, 0.29) is 10.8 Å². The summed E-state index contributed by atoms with van der Waals surface area (Å²) in [6.07, 6.45) is 25.8. The molecule has 0 spiro atoms. The van der Waals surface area contributed by atoms with Crippen LogP contribution in [-0.2, 0) is 10.8 Å². The SMILES string of the molecule is C#CCC.C=C(c1ccccc1C(CC)CCCCCCC)C(CC)CC.CC.CC.CC1CC/C1=C1/CC(c2ccc(C(C)(C)C)cc2)=CC=C1c1ccc(C(C)(C)C)cc1. The third-order valence-electron chi connectivity index (χ3n) is 12.7. The van der Waals surface area contributed by atoms with Gasteiger partial charge in [-0.15, -0.1) is 12.3 Å². The Hall–Kier alpha value is -3.82. The van der Waals surface area contributed by atoms with Crippen LogP contribution in [0.5, 0.6) is 0 Å². The first-order valence-electron chi connectivity index (χ1n) is 25.2. The zero-order valence-corrected chi connectivity index (χ0v) is 43.3. The summed E-state index contributed by atoms with van der Waals surface area (Å²) in [5.74, 6) is 4.46. The van der Waals surface area contributed by atoms with Gasteiger partial charge in [-0.1, -0.05) is 240 Å². The molecule has 2 unspecified atom stereocenters. The molecule has 0 radical (unpaired) electrons. The van der Waals surface area contributed by atoms with Gasteiger partial charge in [0.1, 0.15) is 0 Å². The fourth-order valence-corrected chi connectivity index (χ4v) is 8.46. The van der Waals surface area contributed by atoms with Crippen LogP contribution in [0.4, 0.5) is 0 Å². The number of benzene rings is 3. The van der Waals surface area contributed by atoms with Gasteiger partial charge in [-0.2, -0.15) is 0 Å². The molecule has 1 fully saturated rings. The van der Waals surface area contributed by atoms with Crippen molar-refractivity contribution in [3.8, 4) is 12.3 Å². The van der Waals surface area contributed by atoms with Crippen molar-refractivity contribution in [1.29, 1.82) is 0 Å². The van der Waals surface area contributed by atoms with Gasteiger partial charge in [-0.3, -0.25) is 0 Å². The van der Waals surface area contributed by atoms with Gasteiger partial charge in [0.2, 0.25) is 0 Å². The first-order chi connectivity index (χ1) is 29.6. The Morgan fingerprint density at radius 1 is 0.694 bits per heavy atom. The zero-order valence-electron chi connectivity index (χ0n) is 43.3. The van der Waals surface area contributed by atoms with Crippen molar-refractivity contribution in [2.75, 3.05) is 0 Å². The fourth-order valence-electron chi connectivity index (χ4n) is 8.46. The maximum Gasteiger partial charge on any atom is 0.00576 e. The highest BCUT2D eigenvalue weighted by atomic mass is 14.3. The summed E-state index contributed by atoms with van der Waals surface area (Å²) < 4.78 is 0. The summed E-state index contributed by atoms with van der Waals surface area (Å²) in [5.41, 5.74) is 16.3. The molecule has 0 bridgehead atoms. The highest BCUT2D eigenvalue weighted by Crippen LogP contribution is 2.46. The lowest BCUT2D eigenvalue weighted by Crippen LogP contribution is -2.16. The summed E-state index contributed by atoms with van der Waals surface area (Å²) in [4.78, 5) is 0. The summed E-state index contributed by atoms with van der Waals surface area (Å²) >= 11 is 0. The van der Waals surface area contributed by atoms with Crippen molar-refractivity contribution in [2.24, 2.45) is 11.8 Å². The molecule has 0 saturated heterocycles. The van der Waals surface area contributed by atoms with Crippen LogP contribution < -0.4 is 0 Å². The molecule has 0 aliphatic heterocycles. The predicted molar refractivity (Wildman–Crippen MR) is 284 cm³/mol. The van der Waals surface area contributed by atoms with E-state index in [1.165, 1.54) is 115 Å². The lowest BCUT2D eigenvalue weighted by molar-refractivity contribution is 0.477. The molecule has 0 N–H and O–H groups in total. The van der Waals surface area contributed by atoms with Crippen LogP contribution in [0.1, 0.15) is 234 Å². The van der Waals surface area contributed by atoms with Gasteiger partial charge in [0, 0.05) is 6.42 Å². The Morgan fingerprint density at radius 2 is 1.21 bits per heavy atom. The van der Waals surface area contributed by atoms with Gasteiger partial charge in [-0.25, -0.2) is 0 Å². The molecule has 5 rings (SSSR count). The minimum Gasteiger partial charge on any atom is -0.120 e. The van der Waals surface area contributed by atoms with Crippen LogP contribution in [0.3, 0.4) is 0 Å². The van der Waals surface area contributed by atoms with E-state index in [1.54, 1.807) is 16.7 Å². The van der Waals surface area contributed by atoms with Crippen molar-refractivity contribution in [3.63, 3.8) is 0 Å². The van der Waals surface area contributed by atoms with Crippen LogP contribution in [-0.4, -0.2) is 0 Å². The molecule has 62 heavy (non-hydrogen) atoms. The topological polar surface area (TPSA) is 0 Å². The first kappa shape index (κ1) is 56.2. The van der Waals surface area contributed by atoms with Gasteiger partial charge >= 0.3 is 0 Å². The lowest BCUT2D eigenvalue weighted by atomic mass is 9.72. The molecular weight excluding hydrogens is 745 g/mol. The van der Waals surface area contributed by atoms with E-state index in [2.05, 4.69) is 174 Å². The summed E-state index contributed by atoms with van der Waals surface area (Å²) in [7, 11) is 0. The number of unbranched alkanes of at least 4 members (excludes halogenated alkanes) is 4. The number of rotatable bonds is 14. The highest BCUT2D eigenvalue weighted by Gasteiger charge is 2.28. The first-order valence-corrected chi connectivity index (χ1v) is 25.2. The van der Waals surface area contributed by atoms with Gasteiger partial charge < -0.3 is 0 Å². The average Bonchev–Trinajstić information content (AvgIpc) is 3.28. The summed E-state index contributed by atoms with van der Waals surface area (Å²) in [6.45, 7) is 39.7. The van der Waals surface area contributed by atoms with E-state index in [0.717, 1.165) is 18.8 Å². The molecule has 2 aliphatic rings. The highest BCUT2D eigenvalue weighted by molar-refractivity contribution is 5.89. The molecule has 0 heteroatoms. The molecule has 0 nitrogen and oxygen atoms in total. The van der Waals surface area contributed by atoms with Crippen molar-refractivity contribution in [3.05, 3.63) is 136 Å². The van der Waals surface area contributed by atoms with Gasteiger partial charge in [-0.05, 0) is 129 Å². The molecular formula is C62H94. The van der Waals surface area contributed by atoms with Crippen molar-refractivity contribution >= 4 is 16.7 Å². The Balaban J connectivity index is 0.000000549. The second kappa shape index (κ2) is 29.5.